The lowest BCUT2D eigenvalue weighted by Gasteiger charge is -2.03. The Hall–Kier alpha value is -0.960. The van der Waals surface area contributed by atoms with Crippen LogP contribution in [0.3, 0.4) is 0 Å². The molecule has 0 saturated heterocycles. The Morgan fingerprint density at radius 2 is 2.12 bits per heavy atom. The van der Waals surface area contributed by atoms with Crippen LogP contribution in [-0.2, 0) is 0 Å². The van der Waals surface area contributed by atoms with E-state index < -0.39 is 11.6 Å². The van der Waals surface area contributed by atoms with Gasteiger partial charge in [-0.1, -0.05) is 11.8 Å². The number of hydrogen-bond acceptors (Lipinski definition) is 3. The lowest BCUT2D eigenvalue weighted by molar-refractivity contribution is 0.565. The van der Waals surface area contributed by atoms with Gasteiger partial charge in [0.2, 0.25) is 0 Å². The first-order chi connectivity index (χ1) is 8.08. The second-order valence-electron chi connectivity index (χ2n) is 3.03. The Balaban J connectivity index is 2.38. The van der Waals surface area contributed by atoms with Crippen molar-refractivity contribution in [2.75, 3.05) is 0 Å². The predicted octanol–water partition coefficient (Wildman–Crippen LogP) is 2.80. The zero-order chi connectivity index (χ0) is 12.4. The standard InChI is InChI=1S/C10H5F2IN2OS/c11-5-1-2-7(6(12)3-5)17-10-8(13)9(16)14-4-15-10/h1-4H,(H,14,15,16). The van der Waals surface area contributed by atoms with E-state index in [1.807, 2.05) is 22.6 Å². The molecule has 7 heteroatoms. The average Bonchev–Trinajstić information content (AvgIpc) is 2.28. The fourth-order valence-corrected chi connectivity index (χ4v) is 2.51. The minimum absolute atomic E-state index is 0.224. The van der Waals surface area contributed by atoms with Crippen LogP contribution in [0.4, 0.5) is 8.78 Å². The van der Waals surface area contributed by atoms with Crippen LogP contribution in [0.1, 0.15) is 0 Å². The van der Waals surface area contributed by atoms with E-state index in [0.29, 0.717) is 8.60 Å². The summed E-state index contributed by atoms with van der Waals surface area (Å²) in [5, 5.41) is 0.389. The first-order valence-electron chi connectivity index (χ1n) is 4.44. The highest BCUT2D eigenvalue weighted by atomic mass is 127. The van der Waals surface area contributed by atoms with Gasteiger partial charge in [-0.3, -0.25) is 4.79 Å². The first-order valence-corrected chi connectivity index (χ1v) is 6.33. The van der Waals surface area contributed by atoms with Gasteiger partial charge in [-0.25, -0.2) is 13.8 Å². The summed E-state index contributed by atoms with van der Waals surface area (Å²) >= 11 is 2.81. The molecule has 0 saturated carbocycles. The van der Waals surface area contributed by atoms with Crippen molar-refractivity contribution in [1.29, 1.82) is 0 Å². The Morgan fingerprint density at radius 3 is 2.82 bits per heavy atom. The molecule has 1 N–H and O–H groups in total. The van der Waals surface area contributed by atoms with Gasteiger partial charge in [-0.2, -0.15) is 0 Å². The summed E-state index contributed by atoms with van der Waals surface area (Å²) in [6.07, 6.45) is 1.24. The SMILES string of the molecule is O=c1[nH]cnc(Sc2ccc(F)cc2F)c1I. The molecule has 0 aliphatic heterocycles. The molecule has 3 nitrogen and oxygen atoms in total. The molecule has 2 rings (SSSR count). The normalized spacial score (nSPS) is 10.5. The summed E-state index contributed by atoms with van der Waals surface area (Å²) in [4.78, 5) is 17.9. The van der Waals surface area contributed by atoms with E-state index in [4.69, 9.17) is 0 Å². The zero-order valence-electron chi connectivity index (χ0n) is 8.21. The predicted molar refractivity (Wildman–Crippen MR) is 68.1 cm³/mol. The number of benzene rings is 1. The number of rotatable bonds is 2. The number of aromatic nitrogens is 2. The molecule has 1 aromatic carbocycles. The maximum Gasteiger partial charge on any atom is 0.265 e. The summed E-state index contributed by atoms with van der Waals surface area (Å²) in [5.74, 6) is -1.31. The van der Waals surface area contributed by atoms with Crippen LogP contribution < -0.4 is 5.56 Å². The molecule has 0 radical (unpaired) electrons. The quantitative estimate of drug-likeness (QED) is 0.657. The van der Waals surface area contributed by atoms with Crippen molar-refractivity contribution in [2.24, 2.45) is 0 Å². The maximum absolute atomic E-state index is 13.4. The van der Waals surface area contributed by atoms with Gasteiger partial charge in [-0.05, 0) is 34.7 Å². The molecule has 17 heavy (non-hydrogen) atoms. The molecule has 88 valence electrons. The second-order valence-corrected chi connectivity index (χ2v) is 5.14. The number of hydrogen-bond donors (Lipinski definition) is 1. The van der Waals surface area contributed by atoms with Gasteiger partial charge >= 0.3 is 0 Å². The topological polar surface area (TPSA) is 45.8 Å². The monoisotopic (exact) mass is 366 g/mol. The van der Waals surface area contributed by atoms with E-state index in [1.54, 1.807) is 0 Å². The highest BCUT2D eigenvalue weighted by Crippen LogP contribution is 2.30. The molecule has 0 fully saturated rings. The van der Waals surface area contributed by atoms with Crippen LogP contribution in [-0.4, -0.2) is 9.97 Å². The van der Waals surface area contributed by atoms with Gasteiger partial charge in [0.25, 0.3) is 5.56 Å². The summed E-state index contributed by atoms with van der Waals surface area (Å²) in [7, 11) is 0. The van der Waals surface area contributed by atoms with E-state index in [2.05, 4.69) is 9.97 Å². The molecule has 0 bridgehead atoms. The lowest BCUT2D eigenvalue weighted by Crippen LogP contribution is -2.11. The molecule has 0 atom stereocenters. The molecule has 0 aliphatic carbocycles. The second kappa shape index (κ2) is 5.13. The highest BCUT2D eigenvalue weighted by Gasteiger charge is 2.11. The lowest BCUT2D eigenvalue weighted by atomic mass is 10.3. The van der Waals surface area contributed by atoms with Crippen molar-refractivity contribution < 1.29 is 8.78 Å². The zero-order valence-corrected chi connectivity index (χ0v) is 11.2. The number of nitrogens with zero attached hydrogens (tertiary/aromatic N) is 1. The fraction of sp³-hybridized carbons (Fsp3) is 0. The van der Waals surface area contributed by atoms with Crippen LogP contribution in [0.2, 0.25) is 0 Å². The molecule has 2 aromatic rings. The van der Waals surface area contributed by atoms with Crippen LogP contribution in [0.25, 0.3) is 0 Å². The number of nitrogens with one attached hydrogen (secondary N) is 1. The van der Waals surface area contributed by atoms with E-state index in [0.717, 1.165) is 23.9 Å². The maximum atomic E-state index is 13.4. The van der Waals surface area contributed by atoms with Crippen LogP contribution in [0, 0.1) is 15.2 Å². The van der Waals surface area contributed by atoms with Crippen molar-refractivity contribution in [3.8, 4) is 0 Å². The largest absolute Gasteiger partial charge is 0.312 e. The number of H-pyrrole nitrogens is 1. The molecule has 0 unspecified atom stereocenters. The third-order valence-corrected chi connectivity index (χ3v) is 4.29. The van der Waals surface area contributed by atoms with Crippen molar-refractivity contribution in [3.05, 3.63) is 50.1 Å². The third kappa shape index (κ3) is 2.83. The van der Waals surface area contributed by atoms with Gasteiger partial charge in [0.1, 0.15) is 20.2 Å². The highest BCUT2D eigenvalue weighted by molar-refractivity contribution is 14.1. The Kier molecular flexibility index (Phi) is 3.77. The van der Waals surface area contributed by atoms with Gasteiger partial charge in [0.05, 0.1) is 6.33 Å². The van der Waals surface area contributed by atoms with Crippen molar-refractivity contribution in [1.82, 2.24) is 9.97 Å². The van der Waals surface area contributed by atoms with Crippen LogP contribution >= 0.6 is 34.4 Å². The minimum Gasteiger partial charge on any atom is -0.312 e. The molecular formula is C10H5F2IN2OS. The summed E-state index contributed by atoms with van der Waals surface area (Å²) in [5.41, 5.74) is -0.286. The number of halogens is 3. The molecular weight excluding hydrogens is 361 g/mol. The Bertz CT molecular complexity index is 617. The molecule has 1 heterocycles. The van der Waals surface area contributed by atoms with E-state index in [9.17, 15) is 13.6 Å². The fourth-order valence-electron chi connectivity index (χ4n) is 1.10. The third-order valence-electron chi connectivity index (χ3n) is 1.87. The van der Waals surface area contributed by atoms with E-state index in [1.165, 1.54) is 12.4 Å². The van der Waals surface area contributed by atoms with Gasteiger partial charge in [0, 0.05) is 11.0 Å². The van der Waals surface area contributed by atoms with Crippen LogP contribution in [0.5, 0.6) is 0 Å². The molecule has 0 amide bonds. The minimum atomic E-state index is -0.673. The molecule has 0 aliphatic rings. The van der Waals surface area contributed by atoms with Gasteiger partial charge in [-0.15, -0.1) is 0 Å². The van der Waals surface area contributed by atoms with Crippen LogP contribution in [0.15, 0.2) is 39.2 Å². The molecule has 0 spiro atoms. The van der Waals surface area contributed by atoms with Gasteiger partial charge < -0.3 is 4.98 Å². The van der Waals surface area contributed by atoms with Crippen molar-refractivity contribution >= 4 is 34.4 Å². The van der Waals surface area contributed by atoms with Gasteiger partial charge in [0.15, 0.2) is 0 Å². The molecule has 1 aromatic heterocycles. The Morgan fingerprint density at radius 1 is 1.35 bits per heavy atom. The van der Waals surface area contributed by atoms with Crippen molar-refractivity contribution in [2.45, 2.75) is 9.92 Å². The average molecular weight is 366 g/mol. The summed E-state index contributed by atoms with van der Waals surface area (Å²) < 4.78 is 26.5. The van der Waals surface area contributed by atoms with Crippen molar-refractivity contribution in [3.63, 3.8) is 0 Å². The number of aromatic amines is 1. The van der Waals surface area contributed by atoms with E-state index in [-0.39, 0.29) is 10.5 Å². The smallest absolute Gasteiger partial charge is 0.265 e. The van der Waals surface area contributed by atoms with E-state index >= 15 is 0 Å². The first kappa shape index (κ1) is 12.5. The summed E-state index contributed by atoms with van der Waals surface area (Å²) in [6.45, 7) is 0. The Labute approximate surface area is 113 Å². The summed E-state index contributed by atoms with van der Waals surface area (Å²) in [6, 6.07) is 3.27.